The number of sulfonamides is 1. The first-order valence-electron chi connectivity index (χ1n) is 13.8. The lowest BCUT2D eigenvalue weighted by molar-refractivity contribution is -0.143. The molecule has 216 valence electrons. The number of ether oxygens (including phenoxy) is 2. The van der Waals surface area contributed by atoms with E-state index < -0.39 is 33.9 Å². The van der Waals surface area contributed by atoms with Crippen molar-refractivity contribution in [2.24, 2.45) is 5.92 Å². The molecule has 1 aromatic heterocycles. The Morgan fingerprint density at radius 1 is 1.20 bits per heavy atom. The fraction of sp³-hybridized carbons (Fsp3) is 0.536. The molecule has 40 heavy (non-hydrogen) atoms. The van der Waals surface area contributed by atoms with Gasteiger partial charge in [-0.25, -0.2) is 12.7 Å². The SMILES string of the molecule is CCCCN(C(=O)CN1C[C@H](c2ccc3c(c2)OCO3)C(C(=O)O)[C@@H]1CCN1CCCS1(=O)=O)c1cccnc1. The van der Waals surface area contributed by atoms with Crippen LogP contribution in [0.15, 0.2) is 42.7 Å². The molecule has 0 bridgehead atoms. The van der Waals surface area contributed by atoms with Crippen molar-refractivity contribution in [2.75, 3.05) is 50.2 Å². The van der Waals surface area contributed by atoms with Gasteiger partial charge in [0, 0.05) is 44.3 Å². The fourth-order valence-electron chi connectivity index (χ4n) is 6.04. The number of amides is 1. The summed E-state index contributed by atoms with van der Waals surface area (Å²) in [5.41, 5.74) is 1.49. The molecular weight excluding hydrogens is 536 g/mol. The average molecular weight is 573 g/mol. The molecule has 11 nitrogen and oxygen atoms in total. The van der Waals surface area contributed by atoms with Crippen molar-refractivity contribution >= 4 is 27.6 Å². The molecule has 1 unspecified atom stereocenters. The summed E-state index contributed by atoms with van der Waals surface area (Å²) in [5.74, 6) is -1.07. The maximum atomic E-state index is 13.8. The molecule has 12 heteroatoms. The number of carbonyl (C=O) groups excluding carboxylic acids is 1. The fourth-order valence-corrected chi connectivity index (χ4v) is 7.58. The molecule has 0 spiro atoms. The van der Waals surface area contributed by atoms with Gasteiger partial charge in [0.1, 0.15) is 0 Å². The van der Waals surface area contributed by atoms with Crippen LogP contribution in [0, 0.1) is 5.92 Å². The second-order valence-electron chi connectivity index (χ2n) is 10.5. The summed E-state index contributed by atoms with van der Waals surface area (Å²) in [6.07, 6.45) is 5.91. The molecule has 0 aliphatic carbocycles. The molecule has 2 saturated heterocycles. The van der Waals surface area contributed by atoms with Crippen molar-refractivity contribution in [1.29, 1.82) is 0 Å². The third kappa shape index (κ3) is 5.93. The van der Waals surface area contributed by atoms with Gasteiger partial charge in [0.2, 0.25) is 22.7 Å². The Labute approximate surface area is 234 Å². The molecule has 3 atom stereocenters. The minimum Gasteiger partial charge on any atom is -0.481 e. The van der Waals surface area contributed by atoms with Crippen LogP contribution in [0.5, 0.6) is 11.5 Å². The summed E-state index contributed by atoms with van der Waals surface area (Å²) >= 11 is 0. The van der Waals surface area contributed by atoms with Crippen molar-refractivity contribution in [3.05, 3.63) is 48.3 Å². The lowest BCUT2D eigenvalue weighted by atomic mass is 9.84. The number of pyridine rings is 1. The molecule has 1 amide bonds. The number of carboxylic acid groups (broad SMARTS) is 1. The van der Waals surface area contributed by atoms with E-state index in [1.54, 1.807) is 29.4 Å². The van der Waals surface area contributed by atoms with E-state index in [-0.39, 0.29) is 31.5 Å². The highest BCUT2D eigenvalue weighted by Crippen LogP contribution is 2.43. The van der Waals surface area contributed by atoms with Crippen LogP contribution in [0.3, 0.4) is 0 Å². The molecule has 5 rings (SSSR count). The molecule has 3 aliphatic heterocycles. The zero-order valence-electron chi connectivity index (χ0n) is 22.6. The Morgan fingerprint density at radius 2 is 2.02 bits per heavy atom. The minimum atomic E-state index is -3.33. The van der Waals surface area contributed by atoms with Gasteiger partial charge in [-0.05, 0) is 49.1 Å². The number of unbranched alkanes of at least 4 members (excludes halogenated alkanes) is 1. The van der Waals surface area contributed by atoms with E-state index in [4.69, 9.17) is 9.47 Å². The predicted octanol–water partition coefficient (Wildman–Crippen LogP) is 2.54. The zero-order chi connectivity index (χ0) is 28.3. The van der Waals surface area contributed by atoms with E-state index in [1.165, 1.54) is 4.31 Å². The number of anilines is 1. The summed E-state index contributed by atoms with van der Waals surface area (Å²) < 4.78 is 37.4. The Kier molecular flexibility index (Phi) is 8.57. The number of hydrogen-bond acceptors (Lipinski definition) is 8. The van der Waals surface area contributed by atoms with Crippen LogP contribution in [-0.4, -0.2) is 90.9 Å². The van der Waals surface area contributed by atoms with Crippen LogP contribution in [0.2, 0.25) is 0 Å². The number of carbonyl (C=O) groups is 2. The highest BCUT2D eigenvalue weighted by Gasteiger charge is 2.48. The van der Waals surface area contributed by atoms with E-state index in [0.717, 1.165) is 18.4 Å². The van der Waals surface area contributed by atoms with Crippen molar-refractivity contribution in [1.82, 2.24) is 14.2 Å². The zero-order valence-corrected chi connectivity index (χ0v) is 23.5. The molecule has 4 heterocycles. The molecule has 1 N–H and O–H groups in total. The smallest absolute Gasteiger partial charge is 0.308 e. The van der Waals surface area contributed by atoms with E-state index in [0.29, 0.717) is 49.7 Å². The van der Waals surface area contributed by atoms with Crippen molar-refractivity contribution < 1.29 is 32.6 Å². The quantitative estimate of drug-likeness (QED) is 0.432. The van der Waals surface area contributed by atoms with Crippen molar-refractivity contribution in [2.45, 2.75) is 44.6 Å². The second-order valence-corrected chi connectivity index (χ2v) is 12.6. The second kappa shape index (κ2) is 12.1. The highest BCUT2D eigenvalue weighted by molar-refractivity contribution is 7.89. The third-order valence-corrected chi connectivity index (χ3v) is 10.0. The van der Waals surface area contributed by atoms with Crippen LogP contribution in [-0.2, 0) is 19.6 Å². The maximum Gasteiger partial charge on any atom is 0.308 e. The van der Waals surface area contributed by atoms with E-state index in [2.05, 4.69) is 11.9 Å². The van der Waals surface area contributed by atoms with Gasteiger partial charge in [0.15, 0.2) is 11.5 Å². The van der Waals surface area contributed by atoms with Crippen LogP contribution in [0.25, 0.3) is 0 Å². The van der Waals surface area contributed by atoms with Crippen molar-refractivity contribution in [3.8, 4) is 11.5 Å². The molecule has 3 aliphatic rings. The minimum absolute atomic E-state index is 0.0147. The lowest BCUT2D eigenvalue weighted by Crippen LogP contribution is -2.45. The summed E-state index contributed by atoms with van der Waals surface area (Å²) in [6.45, 7) is 3.71. The van der Waals surface area contributed by atoms with Crippen LogP contribution in [0.1, 0.15) is 44.1 Å². The largest absolute Gasteiger partial charge is 0.481 e. The van der Waals surface area contributed by atoms with E-state index >= 15 is 0 Å². The highest BCUT2D eigenvalue weighted by atomic mass is 32.2. The number of benzene rings is 1. The first-order chi connectivity index (χ1) is 19.3. The Bertz CT molecular complexity index is 1320. The number of likely N-dealkylation sites (tertiary alicyclic amines) is 1. The van der Waals surface area contributed by atoms with Gasteiger partial charge >= 0.3 is 5.97 Å². The van der Waals surface area contributed by atoms with Crippen LogP contribution in [0.4, 0.5) is 5.69 Å². The third-order valence-electron chi connectivity index (χ3n) is 8.07. The van der Waals surface area contributed by atoms with Crippen LogP contribution >= 0.6 is 0 Å². The van der Waals surface area contributed by atoms with E-state index in [1.807, 2.05) is 23.1 Å². The number of hydrogen-bond donors (Lipinski definition) is 1. The Hall–Kier alpha value is -3.22. The molecule has 0 saturated carbocycles. The standard InChI is InChI=1S/C28H36N4O7S/c1-2-3-12-32(21-6-4-10-29-16-21)26(33)18-30-17-22(20-7-8-24-25(15-20)39-19-38-24)27(28(34)35)23(30)9-13-31-11-5-14-40(31,36)37/h4,6-8,10,15-16,22-23,27H,2-3,5,9,11-14,17-19H2,1H3,(H,34,35)/t22-,23+,27?/m1/s1. The van der Waals surface area contributed by atoms with Gasteiger partial charge in [0.25, 0.3) is 0 Å². The lowest BCUT2D eigenvalue weighted by Gasteiger charge is -2.30. The van der Waals surface area contributed by atoms with Gasteiger partial charge in [-0.2, -0.15) is 0 Å². The van der Waals surface area contributed by atoms with Gasteiger partial charge < -0.3 is 19.5 Å². The topological polar surface area (TPSA) is 130 Å². The number of rotatable bonds is 11. The number of aliphatic carboxylic acids is 1. The Morgan fingerprint density at radius 3 is 2.73 bits per heavy atom. The average Bonchev–Trinajstić information content (AvgIpc) is 3.64. The summed E-state index contributed by atoms with van der Waals surface area (Å²) in [7, 11) is -3.33. The number of aromatic nitrogens is 1. The van der Waals surface area contributed by atoms with Gasteiger partial charge in [-0.1, -0.05) is 19.4 Å². The maximum absolute atomic E-state index is 13.8. The molecule has 1 aromatic carbocycles. The molecule has 2 fully saturated rings. The predicted molar refractivity (Wildman–Crippen MR) is 148 cm³/mol. The Balaban J connectivity index is 1.43. The number of nitrogens with zero attached hydrogens (tertiary/aromatic N) is 4. The number of fused-ring (bicyclic) bond motifs is 1. The van der Waals surface area contributed by atoms with Gasteiger partial charge in [-0.3, -0.25) is 19.5 Å². The molecular formula is C28H36N4O7S. The van der Waals surface area contributed by atoms with E-state index in [9.17, 15) is 23.1 Å². The normalized spacial score (nSPS) is 23.9. The van der Waals surface area contributed by atoms with Gasteiger partial charge in [0.05, 0.1) is 30.1 Å². The number of carboxylic acids is 1. The summed E-state index contributed by atoms with van der Waals surface area (Å²) in [6, 6.07) is 8.55. The van der Waals surface area contributed by atoms with Crippen LogP contribution < -0.4 is 14.4 Å². The first kappa shape index (κ1) is 28.3. The summed E-state index contributed by atoms with van der Waals surface area (Å²) in [4.78, 5) is 34.3. The molecule has 0 radical (unpaired) electrons. The van der Waals surface area contributed by atoms with Crippen molar-refractivity contribution in [3.63, 3.8) is 0 Å². The first-order valence-corrected chi connectivity index (χ1v) is 15.4. The molecule has 2 aromatic rings. The monoisotopic (exact) mass is 572 g/mol. The van der Waals surface area contributed by atoms with Gasteiger partial charge in [-0.15, -0.1) is 0 Å². The summed E-state index contributed by atoms with van der Waals surface area (Å²) in [5, 5.41) is 10.4.